The van der Waals surface area contributed by atoms with Crippen LogP contribution in [-0.4, -0.2) is 63.4 Å². The maximum absolute atomic E-state index is 12.5. The Hall–Kier alpha value is -1.67. The summed E-state index contributed by atoms with van der Waals surface area (Å²) in [5.41, 5.74) is 2.76. The average Bonchev–Trinajstić information content (AvgIpc) is 2.52. The number of hydrogen-bond acceptors (Lipinski definition) is 6. The predicted molar refractivity (Wildman–Crippen MR) is 90.2 cm³/mol. The van der Waals surface area contributed by atoms with Gasteiger partial charge in [0.05, 0.1) is 12.6 Å². The third-order valence-electron chi connectivity index (χ3n) is 4.06. The van der Waals surface area contributed by atoms with Crippen LogP contribution >= 0.6 is 11.8 Å². The van der Waals surface area contributed by atoms with Gasteiger partial charge in [-0.25, -0.2) is 14.8 Å². The third kappa shape index (κ3) is 4.45. The quantitative estimate of drug-likeness (QED) is 0.632. The molecule has 1 aromatic heterocycles. The third-order valence-corrected chi connectivity index (χ3v) is 4.61. The summed E-state index contributed by atoms with van der Waals surface area (Å²) in [6.07, 6.45) is 1.55. The standard InChI is InChI=1S/C16H23N3O4S/c1-9-7-19(8-13(23-9)15(21)22)14(20)6-5-12-10(2)17-16(24-4)18-11(12)3/h9,13H,5-8H2,1-4H3,(H,21,22)/t9-,13?/m1/s1. The molecule has 132 valence electrons. The molecule has 2 heterocycles. The minimum atomic E-state index is -1.04. The Labute approximate surface area is 145 Å². The Kier molecular flexibility index (Phi) is 6.17. The lowest BCUT2D eigenvalue weighted by molar-refractivity contribution is -0.166. The van der Waals surface area contributed by atoms with Crippen LogP contribution in [0.25, 0.3) is 0 Å². The molecular formula is C16H23N3O4S. The van der Waals surface area contributed by atoms with Gasteiger partial charge in [-0.05, 0) is 39.0 Å². The lowest BCUT2D eigenvalue weighted by atomic mass is 10.1. The second-order valence-corrected chi connectivity index (χ2v) is 6.71. The summed E-state index contributed by atoms with van der Waals surface area (Å²) in [4.78, 5) is 34.0. The maximum Gasteiger partial charge on any atom is 0.334 e. The van der Waals surface area contributed by atoms with E-state index < -0.39 is 12.1 Å². The Balaban J connectivity index is 2.01. The molecule has 0 bridgehead atoms. The number of aromatic nitrogens is 2. The number of carbonyl (C=O) groups is 2. The zero-order valence-electron chi connectivity index (χ0n) is 14.4. The molecule has 0 saturated carbocycles. The van der Waals surface area contributed by atoms with Crippen molar-refractivity contribution < 1.29 is 19.4 Å². The molecule has 1 aliphatic rings. The van der Waals surface area contributed by atoms with Gasteiger partial charge >= 0.3 is 5.97 Å². The van der Waals surface area contributed by atoms with E-state index in [1.54, 1.807) is 11.8 Å². The highest BCUT2D eigenvalue weighted by atomic mass is 32.2. The number of morpholine rings is 1. The molecule has 8 heteroatoms. The SMILES string of the molecule is CSc1nc(C)c(CCC(=O)N2CC(C(=O)O)O[C@H](C)C2)c(C)n1. The fourth-order valence-corrected chi connectivity index (χ4v) is 3.30. The Morgan fingerprint density at radius 3 is 2.46 bits per heavy atom. The number of thioether (sulfide) groups is 1. The van der Waals surface area contributed by atoms with Crippen molar-refractivity contribution in [3.05, 3.63) is 17.0 Å². The molecule has 1 N–H and O–H groups in total. The van der Waals surface area contributed by atoms with Gasteiger partial charge < -0.3 is 14.7 Å². The number of rotatable bonds is 5. The summed E-state index contributed by atoms with van der Waals surface area (Å²) in [6, 6.07) is 0. The summed E-state index contributed by atoms with van der Waals surface area (Å²) in [5.74, 6) is -1.10. The number of ether oxygens (including phenoxy) is 1. The van der Waals surface area contributed by atoms with Crippen LogP contribution in [0.3, 0.4) is 0 Å². The normalized spacial score (nSPS) is 20.9. The second-order valence-electron chi connectivity index (χ2n) is 5.93. The summed E-state index contributed by atoms with van der Waals surface area (Å²) in [5, 5.41) is 9.83. The summed E-state index contributed by atoms with van der Waals surface area (Å²) >= 11 is 1.49. The number of amides is 1. The number of carboxylic acid groups (broad SMARTS) is 1. The van der Waals surface area contributed by atoms with Crippen LogP contribution in [0.4, 0.5) is 0 Å². The van der Waals surface area contributed by atoms with Crippen LogP contribution in [0.15, 0.2) is 5.16 Å². The first-order valence-electron chi connectivity index (χ1n) is 7.86. The topological polar surface area (TPSA) is 92.6 Å². The number of aryl methyl sites for hydroxylation is 2. The number of nitrogens with zero attached hydrogens (tertiary/aromatic N) is 3. The minimum Gasteiger partial charge on any atom is -0.479 e. The fourth-order valence-electron chi connectivity index (χ4n) is 2.84. The zero-order chi connectivity index (χ0) is 17.9. The Morgan fingerprint density at radius 2 is 1.92 bits per heavy atom. The second kappa shape index (κ2) is 7.94. The number of aliphatic carboxylic acids is 1. The molecule has 2 atom stereocenters. The van der Waals surface area contributed by atoms with E-state index in [0.717, 1.165) is 22.1 Å². The smallest absolute Gasteiger partial charge is 0.334 e. The molecule has 0 radical (unpaired) electrons. The van der Waals surface area contributed by atoms with Gasteiger partial charge in [-0.2, -0.15) is 0 Å². The van der Waals surface area contributed by atoms with Crippen LogP contribution in [-0.2, 0) is 20.7 Å². The highest BCUT2D eigenvalue weighted by molar-refractivity contribution is 7.98. The van der Waals surface area contributed by atoms with E-state index >= 15 is 0 Å². The van der Waals surface area contributed by atoms with Gasteiger partial charge in [0.1, 0.15) is 0 Å². The molecule has 24 heavy (non-hydrogen) atoms. The van der Waals surface area contributed by atoms with E-state index in [9.17, 15) is 9.59 Å². The lowest BCUT2D eigenvalue weighted by Gasteiger charge is -2.35. The van der Waals surface area contributed by atoms with E-state index in [0.29, 0.717) is 19.4 Å². The molecular weight excluding hydrogens is 330 g/mol. The minimum absolute atomic E-state index is 0.0656. The van der Waals surface area contributed by atoms with Crippen LogP contribution < -0.4 is 0 Å². The average molecular weight is 353 g/mol. The number of hydrogen-bond donors (Lipinski definition) is 1. The van der Waals surface area contributed by atoms with Gasteiger partial charge in [-0.1, -0.05) is 11.8 Å². The first kappa shape index (κ1) is 18.7. The van der Waals surface area contributed by atoms with Crippen molar-refractivity contribution in [1.29, 1.82) is 0 Å². The van der Waals surface area contributed by atoms with E-state index in [-0.39, 0.29) is 18.6 Å². The van der Waals surface area contributed by atoms with Crippen molar-refractivity contribution in [2.24, 2.45) is 0 Å². The van der Waals surface area contributed by atoms with Gasteiger partial charge in [0.2, 0.25) is 5.91 Å². The summed E-state index contributed by atoms with van der Waals surface area (Å²) < 4.78 is 5.34. The first-order chi connectivity index (χ1) is 11.3. The fraction of sp³-hybridized carbons (Fsp3) is 0.625. The summed E-state index contributed by atoms with van der Waals surface area (Å²) in [6.45, 7) is 6.14. The lowest BCUT2D eigenvalue weighted by Crippen LogP contribution is -2.51. The van der Waals surface area contributed by atoms with Gasteiger partial charge in [0.15, 0.2) is 11.3 Å². The van der Waals surface area contributed by atoms with Crippen molar-refractivity contribution in [2.75, 3.05) is 19.3 Å². The predicted octanol–water partition coefficient (Wildman–Crippen LogP) is 1.45. The van der Waals surface area contributed by atoms with Crippen LogP contribution in [0.1, 0.15) is 30.3 Å². The zero-order valence-corrected chi connectivity index (χ0v) is 15.2. The van der Waals surface area contributed by atoms with Crippen LogP contribution in [0, 0.1) is 13.8 Å². The molecule has 1 fully saturated rings. The van der Waals surface area contributed by atoms with E-state index in [2.05, 4.69) is 9.97 Å². The largest absolute Gasteiger partial charge is 0.479 e. The molecule has 1 unspecified atom stereocenters. The van der Waals surface area contributed by atoms with E-state index in [1.165, 1.54) is 11.8 Å². The monoisotopic (exact) mass is 353 g/mol. The van der Waals surface area contributed by atoms with Gasteiger partial charge in [0.25, 0.3) is 0 Å². The highest BCUT2D eigenvalue weighted by Crippen LogP contribution is 2.18. The van der Waals surface area contributed by atoms with Crippen molar-refractivity contribution in [3.8, 4) is 0 Å². The van der Waals surface area contributed by atoms with Crippen molar-refractivity contribution in [3.63, 3.8) is 0 Å². The molecule has 1 aliphatic heterocycles. The van der Waals surface area contributed by atoms with Gasteiger partial charge in [0, 0.05) is 24.4 Å². The molecule has 2 rings (SSSR count). The van der Waals surface area contributed by atoms with Crippen LogP contribution in [0.2, 0.25) is 0 Å². The van der Waals surface area contributed by atoms with E-state index in [4.69, 9.17) is 9.84 Å². The van der Waals surface area contributed by atoms with Crippen molar-refractivity contribution >= 4 is 23.6 Å². The maximum atomic E-state index is 12.5. The molecule has 7 nitrogen and oxygen atoms in total. The number of carboxylic acids is 1. The Morgan fingerprint density at radius 1 is 1.29 bits per heavy atom. The molecule has 1 saturated heterocycles. The molecule has 0 aromatic carbocycles. The van der Waals surface area contributed by atoms with Crippen molar-refractivity contribution in [2.45, 2.75) is 51.0 Å². The van der Waals surface area contributed by atoms with Crippen molar-refractivity contribution in [1.82, 2.24) is 14.9 Å². The first-order valence-corrected chi connectivity index (χ1v) is 9.08. The van der Waals surface area contributed by atoms with Gasteiger partial charge in [-0.3, -0.25) is 4.79 Å². The van der Waals surface area contributed by atoms with Crippen LogP contribution in [0.5, 0.6) is 0 Å². The summed E-state index contributed by atoms with van der Waals surface area (Å²) in [7, 11) is 0. The number of carbonyl (C=O) groups excluding carboxylic acids is 1. The molecule has 1 aromatic rings. The molecule has 1 amide bonds. The van der Waals surface area contributed by atoms with E-state index in [1.807, 2.05) is 20.1 Å². The Bertz CT molecular complexity index is 615. The highest BCUT2D eigenvalue weighted by Gasteiger charge is 2.32. The molecule has 0 spiro atoms. The molecule has 0 aliphatic carbocycles. The van der Waals surface area contributed by atoms with Gasteiger partial charge in [-0.15, -0.1) is 0 Å².